The van der Waals surface area contributed by atoms with Crippen molar-refractivity contribution in [2.45, 2.75) is 97.3 Å². The van der Waals surface area contributed by atoms with Gasteiger partial charge in [0, 0.05) is 0 Å². The van der Waals surface area contributed by atoms with Crippen LogP contribution in [-0.4, -0.2) is 23.7 Å². The van der Waals surface area contributed by atoms with Gasteiger partial charge >= 0.3 is 11.9 Å². The SMILES string of the molecule is CCCCCCCCOC(=O)c1ccc(CCCCCCCC)cc1C(=O)O.c1ccsc1. The summed E-state index contributed by atoms with van der Waals surface area (Å²) in [6.07, 6.45) is 14.7. The maximum absolute atomic E-state index is 12.3. The normalized spacial score (nSPS) is 10.4. The van der Waals surface area contributed by atoms with Crippen LogP contribution in [0.1, 0.15) is 117 Å². The van der Waals surface area contributed by atoms with Gasteiger partial charge in [0.05, 0.1) is 17.7 Å². The number of hydrogen-bond donors (Lipinski definition) is 1. The van der Waals surface area contributed by atoms with E-state index in [-0.39, 0.29) is 11.1 Å². The number of rotatable bonds is 16. The molecule has 0 aliphatic heterocycles. The lowest BCUT2D eigenvalue weighted by Gasteiger charge is -2.10. The van der Waals surface area contributed by atoms with E-state index in [9.17, 15) is 14.7 Å². The van der Waals surface area contributed by atoms with E-state index in [0.29, 0.717) is 6.61 Å². The number of aryl methyl sites for hydroxylation is 1. The van der Waals surface area contributed by atoms with Gasteiger partial charge in [0.2, 0.25) is 0 Å². The number of thiophene rings is 1. The van der Waals surface area contributed by atoms with Crippen molar-refractivity contribution in [1.82, 2.24) is 0 Å². The van der Waals surface area contributed by atoms with Crippen LogP contribution in [0.25, 0.3) is 0 Å². The van der Waals surface area contributed by atoms with E-state index in [1.807, 2.05) is 29.0 Å². The number of esters is 1. The number of aromatic carboxylic acids is 1. The maximum atomic E-state index is 12.3. The molecule has 0 radical (unpaired) electrons. The second kappa shape index (κ2) is 19.3. The number of carbonyl (C=O) groups is 2. The zero-order chi connectivity index (χ0) is 24.2. The Morgan fingerprint density at radius 2 is 1.36 bits per heavy atom. The van der Waals surface area contributed by atoms with Crippen molar-refractivity contribution in [3.8, 4) is 0 Å². The van der Waals surface area contributed by atoms with E-state index >= 15 is 0 Å². The van der Waals surface area contributed by atoms with Gasteiger partial charge in [-0.25, -0.2) is 9.59 Å². The van der Waals surface area contributed by atoms with Gasteiger partial charge in [-0.3, -0.25) is 0 Å². The predicted octanol–water partition coefficient (Wildman–Crippen LogP) is 8.55. The summed E-state index contributed by atoms with van der Waals surface area (Å²) < 4.78 is 5.30. The Balaban J connectivity index is 0.000000953. The van der Waals surface area contributed by atoms with Crippen molar-refractivity contribution in [3.63, 3.8) is 0 Å². The molecule has 0 amide bonds. The highest BCUT2D eigenvalue weighted by Gasteiger charge is 2.18. The standard InChI is InChI=1S/C24H38O4.C4H4S/c1-3-5-7-9-11-13-15-20-16-17-21(22(19-20)23(25)26)24(27)28-18-14-12-10-8-6-4-2;1-2-4-5-3-1/h16-17,19H,3-15,18H2,1-2H3,(H,25,26);1-4H. The van der Waals surface area contributed by atoms with Gasteiger partial charge in [-0.05, 0) is 47.7 Å². The number of carboxylic acid groups (broad SMARTS) is 1. The highest BCUT2D eigenvalue weighted by Crippen LogP contribution is 2.17. The molecule has 0 unspecified atom stereocenters. The molecule has 0 aliphatic rings. The van der Waals surface area contributed by atoms with Gasteiger partial charge in [0.1, 0.15) is 0 Å². The van der Waals surface area contributed by atoms with E-state index in [2.05, 4.69) is 13.8 Å². The molecule has 4 nitrogen and oxygen atoms in total. The molecule has 1 aromatic carbocycles. The molecular formula is C28H42O4S. The average molecular weight is 475 g/mol. The molecule has 0 atom stereocenters. The highest BCUT2D eigenvalue weighted by molar-refractivity contribution is 7.07. The monoisotopic (exact) mass is 474 g/mol. The molecule has 0 fully saturated rings. The summed E-state index contributed by atoms with van der Waals surface area (Å²) in [5.41, 5.74) is 1.18. The van der Waals surface area contributed by atoms with Gasteiger partial charge in [-0.2, -0.15) is 11.3 Å². The summed E-state index contributed by atoms with van der Waals surface area (Å²) in [6.45, 7) is 4.73. The molecule has 0 spiro atoms. The van der Waals surface area contributed by atoms with Crippen molar-refractivity contribution in [2.75, 3.05) is 6.61 Å². The summed E-state index contributed by atoms with van der Waals surface area (Å²) in [4.78, 5) is 23.9. The van der Waals surface area contributed by atoms with Crippen LogP contribution in [-0.2, 0) is 11.2 Å². The maximum Gasteiger partial charge on any atom is 0.339 e. The van der Waals surface area contributed by atoms with Crippen molar-refractivity contribution in [1.29, 1.82) is 0 Å². The predicted molar refractivity (Wildman–Crippen MR) is 138 cm³/mol. The second-order valence-electron chi connectivity index (χ2n) is 8.40. The Hall–Kier alpha value is -2.14. The first-order chi connectivity index (χ1) is 16.1. The van der Waals surface area contributed by atoms with Crippen LogP contribution >= 0.6 is 11.3 Å². The summed E-state index contributed by atoms with van der Waals surface area (Å²) in [7, 11) is 0. The van der Waals surface area contributed by atoms with E-state index in [4.69, 9.17) is 4.74 Å². The summed E-state index contributed by atoms with van der Waals surface area (Å²) in [5, 5.41) is 13.6. The van der Waals surface area contributed by atoms with Crippen LogP contribution < -0.4 is 0 Å². The summed E-state index contributed by atoms with van der Waals surface area (Å²) >= 11 is 1.71. The lowest BCUT2D eigenvalue weighted by Crippen LogP contribution is -2.13. The lowest BCUT2D eigenvalue weighted by atomic mass is 9.99. The zero-order valence-corrected chi connectivity index (χ0v) is 21.3. The third-order valence-corrected chi connectivity index (χ3v) is 6.14. The van der Waals surface area contributed by atoms with Gasteiger partial charge in [-0.15, -0.1) is 0 Å². The smallest absolute Gasteiger partial charge is 0.339 e. The number of ether oxygens (including phenoxy) is 1. The molecule has 0 saturated heterocycles. The van der Waals surface area contributed by atoms with Crippen molar-refractivity contribution in [2.24, 2.45) is 0 Å². The number of carbonyl (C=O) groups excluding carboxylic acids is 1. The molecule has 2 rings (SSSR count). The van der Waals surface area contributed by atoms with Crippen LogP contribution in [0.5, 0.6) is 0 Å². The molecule has 1 heterocycles. The molecular weight excluding hydrogens is 432 g/mol. The molecule has 0 aliphatic carbocycles. The third-order valence-electron chi connectivity index (χ3n) is 5.51. The average Bonchev–Trinajstić information content (AvgIpc) is 3.41. The van der Waals surface area contributed by atoms with Gasteiger partial charge in [0.15, 0.2) is 0 Å². The minimum absolute atomic E-state index is 0.0522. The van der Waals surface area contributed by atoms with Crippen LogP contribution in [0.3, 0.4) is 0 Å². The second-order valence-corrected chi connectivity index (χ2v) is 9.22. The molecule has 1 N–H and O–H groups in total. The fourth-order valence-corrected chi connectivity index (χ4v) is 4.02. The van der Waals surface area contributed by atoms with Crippen molar-refractivity contribution in [3.05, 3.63) is 57.8 Å². The molecule has 5 heteroatoms. The Kier molecular flexibility index (Phi) is 16.9. The molecule has 0 bridgehead atoms. The number of unbranched alkanes of at least 4 members (excludes halogenated alkanes) is 10. The first kappa shape index (κ1) is 28.9. The van der Waals surface area contributed by atoms with E-state index < -0.39 is 11.9 Å². The van der Waals surface area contributed by atoms with Gasteiger partial charge in [0.25, 0.3) is 0 Å². The number of benzene rings is 1. The van der Waals surface area contributed by atoms with Crippen LogP contribution in [0.2, 0.25) is 0 Å². The van der Waals surface area contributed by atoms with E-state index in [1.165, 1.54) is 44.9 Å². The molecule has 1 aromatic heterocycles. The van der Waals surface area contributed by atoms with Crippen molar-refractivity contribution >= 4 is 23.3 Å². The third kappa shape index (κ3) is 13.9. The Labute approximate surface area is 204 Å². The minimum atomic E-state index is -1.07. The first-order valence-electron chi connectivity index (χ1n) is 12.6. The first-order valence-corrected chi connectivity index (χ1v) is 13.5. The Morgan fingerprint density at radius 3 is 1.91 bits per heavy atom. The zero-order valence-electron chi connectivity index (χ0n) is 20.5. The topological polar surface area (TPSA) is 63.6 Å². The highest BCUT2D eigenvalue weighted by atomic mass is 32.1. The minimum Gasteiger partial charge on any atom is -0.478 e. The van der Waals surface area contributed by atoms with Crippen LogP contribution in [0.15, 0.2) is 41.1 Å². The molecule has 2 aromatic rings. The molecule has 184 valence electrons. The van der Waals surface area contributed by atoms with Gasteiger partial charge < -0.3 is 9.84 Å². The van der Waals surface area contributed by atoms with Gasteiger partial charge in [-0.1, -0.05) is 96.3 Å². The summed E-state index contributed by atoms with van der Waals surface area (Å²) in [6, 6.07) is 9.14. The van der Waals surface area contributed by atoms with Crippen molar-refractivity contribution < 1.29 is 19.4 Å². The fraction of sp³-hybridized carbons (Fsp3) is 0.571. The van der Waals surface area contributed by atoms with E-state index in [1.54, 1.807) is 23.5 Å². The fourth-order valence-electron chi connectivity index (χ4n) is 3.56. The molecule has 33 heavy (non-hydrogen) atoms. The number of hydrogen-bond acceptors (Lipinski definition) is 4. The summed E-state index contributed by atoms with van der Waals surface area (Å²) in [5.74, 6) is -1.60. The lowest BCUT2D eigenvalue weighted by molar-refractivity contribution is 0.0487. The number of carboxylic acids is 1. The molecule has 0 saturated carbocycles. The van der Waals surface area contributed by atoms with Crippen LogP contribution in [0.4, 0.5) is 0 Å². The largest absolute Gasteiger partial charge is 0.478 e. The quantitative estimate of drug-likeness (QED) is 0.195. The van der Waals surface area contributed by atoms with E-state index in [0.717, 1.165) is 44.1 Å². The van der Waals surface area contributed by atoms with Crippen LogP contribution in [0, 0.1) is 0 Å². The Bertz CT molecular complexity index is 738. The Morgan fingerprint density at radius 1 is 0.788 bits per heavy atom.